The first-order valence-electron chi connectivity index (χ1n) is 14.1. The van der Waals surface area contributed by atoms with Gasteiger partial charge in [-0.05, 0) is 65.2 Å². The summed E-state index contributed by atoms with van der Waals surface area (Å²) in [5.74, 6) is -8.12. The van der Waals surface area contributed by atoms with Crippen molar-refractivity contribution in [3.05, 3.63) is 45.5 Å². The molecule has 0 aliphatic heterocycles. The van der Waals surface area contributed by atoms with Crippen molar-refractivity contribution in [2.45, 2.75) is 76.1 Å². The summed E-state index contributed by atoms with van der Waals surface area (Å²) in [6.45, 7) is 5.12. The van der Waals surface area contributed by atoms with Crippen LogP contribution in [-0.4, -0.2) is 85.5 Å². The highest BCUT2D eigenvalue weighted by atomic mass is 19.1. The number of primary amides is 1. The molecule has 41 heavy (non-hydrogen) atoms. The van der Waals surface area contributed by atoms with Gasteiger partial charge in [-0.25, -0.2) is 4.39 Å². The first-order valence-corrected chi connectivity index (χ1v) is 14.1. The van der Waals surface area contributed by atoms with Gasteiger partial charge in [0.1, 0.15) is 28.7 Å². The number of aliphatic hydroxyl groups excluding tert-OH is 2. The molecule has 11 heteroatoms. The predicted molar refractivity (Wildman–Crippen MR) is 147 cm³/mol. The summed E-state index contributed by atoms with van der Waals surface area (Å²) in [5.41, 5.74) is 1.45. The number of hydrogen-bond acceptors (Lipinski definition) is 9. The summed E-state index contributed by atoms with van der Waals surface area (Å²) in [6, 6.07) is 0.0725. The smallest absolute Gasteiger partial charge is 0.255 e. The van der Waals surface area contributed by atoms with Gasteiger partial charge in [0.25, 0.3) is 5.91 Å². The van der Waals surface area contributed by atoms with E-state index in [1.807, 2.05) is 6.92 Å². The van der Waals surface area contributed by atoms with Gasteiger partial charge in [0.05, 0.1) is 11.6 Å². The van der Waals surface area contributed by atoms with Crippen LogP contribution in [0.1, 0.15) is 62.6 Å². The Balaban J connectivity index is 1.62. The van der Waals surface area contributed by atoms with E-state index in [0.29, 0.717) is 6.54 Å². The molecule has 6 N–H and O–H groups in total. The number of ketones is 2. The second kappa shape index (κ2) is 9.92. The van der Waals surface area contributed by atoms with Crippen molar-refractivity contribution in [2.75, 3.05) is 20.6 Å². The van der Waals surface area contributed by atoms with E-state index in [1.165, 1.54) is 25.1 Å². The number of carbonyl (C=O) groups is 3. The third kappa shape index (κ3) is 4.11. The van der Waals surface area contributed by atoms with E-state index in [9.17, 15) is 34.8 Å². The molecule has 4 aliphatic carbocycles. The van der Waals surface area contributed by atoms with Crippen LogP contribution in [0.15, 0.2) is 23.0 Å². The third-order valence-corrected chi connectivity index (χ3v) is 9.92. The molecule has 0 spiro atoms. The lowest BCUT2D eigenvalue weighted by atomic mass is 9.57. The van der Waals surface area contributed by atoms with Crippen molar-refractivity contribution >= 4 is 23.2 Å². The highest BCUT2D eigenvalue weighted by Crippen LogP contribution is 2.53. The van der Waals surface area contributed by atoms with Crippen molar-refractivity contribution in [3.8, 4) is 5.75 Å². The first kappa shape index (κ1) is 29.2. The molecule has 1 aromatic carbocycles. The van der Waals surface area contributed by atoms with Crippen molar-refractivity contribution < 1.29 is 39.2 Å². The number of nitrogens with zero attached hydrogens (tertiary/aromatic N) is 2. The maximum atomic E-state index is 16.2. The normalized spacial score (nSPS) is 29.2. The highest BCUT2D eigenvalue weighted by Gasteiger charge is 2.64. The molecular weight excluding hydrogens is 533 g/mol. The molecule has 10 nitrogen and oxygen atoms in total. The van der Waals surface area contributed by atoms with E-state index in [1.54, 1.807) is 0 Å². The molecule has 0 aromatic heterocycles. The standard InChI is InChI=1S/C30H38FN3O7/c1-5-34(29(2)8-6-7-9-29)13-15-12-18(35)20-16(22(15)31)10-14-11-17-23(33(3)4)25(37)21(28(32)40)27(39)30(17,41)26(38)19(14)24(20)36/h12,14,17,23,35-36,39,41H,5-11,13H2,1-4H3,(H2,32,40)/t14-,17-,23-,30-/m0/s1. The molecule has 1 aromatic rings. The number of phenols is 1. The van der Waals surface area contributed by atoms with Gasteiger partial charge >= 0.3 is 0 Å². The Morgan fingerprint density at radius 1 is 1.17 bits per heavy atom. The van der Waals surface area contributed by atoms with Gasteiger partial charge in [0, 0.05) is 34.7 Å². The lowest BCUT2D eigenvalue weighted by molar-refractivity contribution is -0.153. The molecule has 2 fully saturated rings. The molecule has 4 atom stereocenters. The van der Waals surface area contributed by atoms with E-state index < -0.39 is 69.6 Å². The van der Waals surface area contributed by atoms with Crippen LogP contribution in [0.5, 0.6) is 5.75 Å². The van der Waals surface area contributed by atoms with E-state index in [2.05, 4.69) is 11.8 Å². The second-order valence-corrected chi connectivity index (χ2v) is 12.4. The molecule has 1 amide bonds. The molecule has 0 bridgehead atoms. The Bertz CT molecular complexity index is 1410. The van der Waals surface area contributed by atoms with E-state index in [0.717, 1.165) is 25.7 Å². The topological polar surface area (TPSA) is 165 Å². The van der Waals surface area contributed by atoms with E-state index in [-0.39, 0.29) is 47.2 Å². The molecule has 0 saturated heterocycles. The van der Waals surface area contributed by atoms with Crippen LogP contribution >= 0.6 is 0 Å². The number of benzene rings is 1. The molecule has 4 aliphatic rings. The van der Waals surface area contributed by atoms with E-state index >= 15 is 4.39 Å². The van der Waals surface area contributed by atoms with E-state index in [4.69, 9.17) is 5.73 Å². The minimum Gasteiger partial charge on any atom is -0.508 e. The van der Waals surface area contributed by atoms with Crippen LogP contribution in [0.2, 0.25) is 0 Å². The Morgan fingerprint density at radius 3 is 2.37 bits per heavy atom. The zero-order valence-electron chi connectivity index (χ0n) is 23.8. The minimum absolute atomic E-state index is 0.0539. The molecular formula is C30H38FN3O7. The Hall–Kier alpha value is -3.28. The van der Waals surface area contributed by atoms with Crippen molar-refractivity contribution in [1.29, 1.82) is 0 Å². The number of amides is 1. The Labute approximate surface area is 237 Å². The number of fused-ring (bicyclic) bond motifs is 3. The summed E-state index contributed by atoms with van der Waals surface area (Å²) >= 11 is 0. The van der Waals surface area contributed by atoms with Gasteiger partial charge in [-0.15, -0.1) is 0 Å². The van der Waals surface area contributed by atoms with Crippen LogP contribution in [0.25, 0.3) is 5.76 Å². The lowest BCUT2D eigenvalue weighted by Gasteiger charge is -2.50. The Kier molecular flexibility index (Phi) is 7.07. The molecule has 0 unspecified atom stereocenters. The van der Waals surface area contributed by atoms with Gasteiger partial charge in [-0.1, -0.05) is 19.8 Å². The van der Waals surface area contributed by atoms with Crippen molar-refractivity contribution in [1.82, 2.24) is 9.80 Å². The van der Waals surface area contributed by atoms with Crippen LogP contribution in [0, 0.1) is 17.7 Å². The number of likely N-dealkylation sites (N-methyl/N-ethyl adjacent to an activating group) is 1. The number of rotatable bonds is 6. The van der Waals surface area contributed by atoms with Crippen molar-refractivity contribution in [2.24, 2.45) is 17.6 Å². The van der Waals surface area contributed by atoms with Gasteiger partial charge in [-0.3, -0.25) is 24.2 Å². The molecule has 222 valence electrons. The number of halogens is 1. The molecule has 5 rings (SSSR count). The number of phenolic OH excluding ortho intramolecular Hbond substituents is 1. The SMILES string of the molecule is CCN(Cc1cc(O)c2c(c1F)C[C@H]1C[C@H]3[C@H](N(C)C)C(=O)C(C(N)=O)=C(O)[C@@]3(O)C(=O)C1=C2O)C1(C)CCCC1. The second-order valence-electron chi connectivity index (χ2n) is 12.4. The van der Waals surface area contributed by atoms with Crippen LogP contribution in [0.3, 0.4) is 0 Å². The van der Waals surface area contributed by atoms with Gasteiger partial charge in [-0.2, -0.15) is 0 Å². The number of aliphatic hydroxyl groups is 3. The summed E-state index contributed by atoms with van der Waals surface area (Å²) in [4.78, 5) is 42.8. The molecule has 0 heterocycles. The van der Waals surface area contributed by atoms with Crippen LogP contribution in [0.4, 0.5) is 4.39 Å². The fraction of sp³-hybridized carbons (Fsp3) is 0.567. The summed E-state index contributed by atoms with van der Waals surface area (Å²) in [5, 5.41) is 44.9. The highest BCUT2D eigenvalue weighted by molar-refractivity contribution is 6.24. The fourth-order valence-electron chi connectivity index (χ4n) is 7.80. The quantitative estimate of drug-likeness (QED) is 0.322. The van der Waals surface area contributed by atoms with Gasteiger partial charge in [0.2, 0.25) is 5.78 Å². The summed E-state index contributed by atoms with van der Waals surface area (Å²) in [6.07, 6.45) is 4.01. The van der Waals surface area contributed by atoms with Crippen LogP contribution < -0.4 is 5.73 Å². The number of Topliss-reactive ketones (excluding diaryl/α,β-unsaturated/α-hetero) is 2. The number of aromatic hydroxyl groups is 1. The number of hydrogen-bond donors (Lipinski definition) is 5. The van der Waals surface area contributed by atoms with Gasteiger partial charge < -0.3 is 26.2 Å². The minimum atomic E-state index is -2.73. The van der Waals surface area contributed by atoms with Crippen LogP contribution in [-0.2, 0) is 27.3 Å². The van der Waals surface area contributed by atoms with Crippen molar-refractivity contribution in [3.63, 3.8) is 0 Å². The van der Waals surface area contributed by atoms with Gasteiger partial charge in [0.15, 0.2) is 11.4 Å². The number of carbonyl (C=O) groups excluding carboxylic acids is 3. The predicted octanol–water partition coefficient (Wildman–Crippen LogP) is 2.26. The summed E-state index contributed by atoms with van der Waals surface area (Å²) < 4.78 is 16.2. The molecule has 0 radical (unpaired) electrons. The summed E-state index contributed by atoms with van der Waals surface area (Å²) in [7, 11) is 3.06. The zero-order chi connectivity index (χ0) is 30.2. The lowest BCUT2D eigenvalue weighted by Crippen LogP contribution is -2.65. The maximum Gasteiger partial charge on any atom is 0.255 e. The largest absolute Gasteiger partial charge is 0.508 e. The average Bonchev–Trinajstić information content (AvgIpc) is 3.34. The zero-order valence-corrected chi connectivity index (χ0v) is 23.8. The monoisotopic (exact) mass is 571 g/mol. The third-order valence-electron chi connectivity index (χ3n) is 9.92. The first-order chi connectivity index (χ1) is 19.2. The fourth-order valence-corrected chi connectivity index (χ4v) is 7.80. The molecule has 2 saturated carbocycles. The Morgan fingerprint density at radius 2 is 1.80 bits per heavy atom. The average molecular weight is 572 g/mol. The maximum absolute atomic E-state index is 16.2. The number of nitrogens with two attached hydrogens (primary N) is 1.